The molecular weight excluding hydrogens is 500 g/mol. The fourth-order valence-corrected chi connectivity index (χ4v) is 6.40. The van der Waals surface area contributed by atoms with Gasteiger partial charge in [-0.05, 0) is 67.9 Å². The normalized spacial score (nSPS) is 12.9. The summed E-state index contributed by atoms with van der Waals surface area (Å²) in [5, 5.41) is 9.06. The first-order valence-electron chi connectivity index (χ1n) is 14.1. The summed E-state index contributed by atoms with van der Waals surface area (Å²) in [7, 11) is 0. The van der Waals surface area contributed by atoms with Crippen molar-refractivity contribution < 1.29 is 4.79 Å². The molecule has 1 aliphatic rings. The van der Waals surface area contributed by atoms with Crippen LogP contribution in [0.2, 0.25) is 0 Å². The highest BCUT2D eigenvalue weighted by molar-refractivity contribution is 7.21. The van der Waals surface area contributed by atoms with E-state index in [4.69, 9.17) is 9.97 Å². The van der Waals surface area contributed by atoms with Gasteiger partial charge in [-0.15, -0.1) is 11.3 Å². The van der Waals surface area contributed by atoms with Gasteiger partial charge in [0.15, 0.2) is 0 Å². The molecule has 2 heterocycles. The molecule has 0 fully saturated rings. The van der Waals surface area contributed by atoms with Crippen LogP contribution in [0, 0.1) is 0 Å². The first-order chi connectivity index (χ1) is 19.2. The number of thiazole rings is 1. The third-order valence-electron chi connectivity index (χ3n) is 7.54. The largest absolute Gasteiger partial charge is 0.384 e. The minimum Gasteiger partial charge on any atom is -0.384 e. The number of carbonyl (C=O) groups excluding carboxylic acids is 1. The van der Waals surface area contributed by atoms with Gasteiger partial charge in [0.2, 0.25) is 5.91 Å². The highest BCUT2D eigenvalue weighted by atomic mass is 32.1. The van der Waals surface area contributed by atoms with E-state index in [1.165, 1.54) is 39.9 Å². The molecule has 0 unspecified atom stereocenters. The molecule has 6 heteroatoms. The zero-order valence-electron chi connectivity index (χ0n) is 22.2. The molecule has 5 aromatic rings. The summed E-state index contributed by atoms with van der Waals surface area (Å²) in [6, 6.07) is 25.0. The van der Waals surface area contributed by atoms with E-state index in [1.807, 2.05) is 18.2 Å². The number of benzene rings is 3. The summed E-state index contributed by atoms with van der Waals surface area (Å²) < 4.78 is 1.20. The molecule has 0 aliphatic heterocycles. The van der Waals surface area contributed by atoms with Gasteiger partial charge in [0.1, 0.15) is 5.01 Å². The van der Waals surface area contributed by atoms with Gasteiger partial charge >= 0.3 is 0 Å². The maximum Gasteiger partial charge on any atom is 0.220 e. The van der Waals surface area contributed by atoms with Crippen LogP contribution in [0.5, 0.6) is 0 Å². The van der Waals surface area contributed by atoms with Crippen molar-refractivity contribution in [1.29, 1.82) is 0 Å². The minimum absolute atomic E-state index is 0.118. The number of aromatic nitrogens is 2. The summed E-state index contributed by atoms with van der Waals surface area (Å²) >= 11 is 1.71. The molecule has 1 aliphatic carbocycles. The SMILES string of the molecule is O=C(CCCCCNc1c2c(nc3ccccc13)CCCC2)NCc1ccc(-c2nc3ccccc3s2)cc1. The van der Waals surface area contributed by atoms with E-state index >= 15 is 0 Å². The first kappa shape index (κ1) is 25.5. The number of hydrogen-bond acceptors (Lipinski definition) is 5. The predicted molar refractivity (Wildman–Crippen MR) is 162 cm³/mol. The van der Waals surface area contributed by atoms with Crippen molar-refractivity contribution in [1.82, 2.24) is 15.3 Å². The molecule has 0 radical (unpaired) electrons. The number of anilines is 1. The van der Waals surface area contributed by atoms with Crippen LogP contribution in [0.4, 0.5) is 5.69 Å². The van der Waals surface area contributed by atoms with E-state index in [0.29, 0.717) is 13.0 Å². The molecule has 0 spiro atoms. The Balaban J connectivity index is 0.936. The van der Waals surface area contributed by atoms with Crippen LogP contribution < -0.4 is 10.6 Å². The Bertz CT molecular complexity index is 1560. The van der Waals surface area contributed by atoms with Gasteiger partial charge < -0.3 is 10.6 Å². The van der Waals surface area contributed by atoms with Gasteiger partial charge in [0.05, 0.1) is 15.7 Å². The van der Waals surface area contributed by atoms with Crippen LogP contribution in [0.15, 0.2) is 72.8 Å². The number of rotatable bonds is 10. The quantitative estimate of drug-likeness (QED) is 0.180. The number of carbonyl (C=O) groups is 1. The lowest BCUT2D eigenvalue weighted by atomic mass is 9.92. The van der Waals surface area contributed by atoms with Gasteiger partial charge in [-0.3, -0.25) is 9.78 Å². The Morgan fingerprint density at radius 2 is 1.62 bits per heavy atom. The second kappa shape index (κ2) is 12.0. The van der Waals surface area contributed by atoms with E-state index in [9.17, 15) is 4.79 Å². The third-order valence-corrected chi connectivity index (χ3v) is 8.62. The Labute approximate surface area is 233 Å². The number of pyridine rings is 1. The van der Waals surface area contributed by atoms with Gasteiger partial charge in [-0.1, -0.05) is 61.0 Å². The number of fused-ring (bicyclic) bond motifs is 3. The van der Waals surface area contributed by atoms with E-state index in [1.54, 1.807) is 11.3 Å². The molecule has 0 bridgehead atoms. The number of aryl methyl sites for hydroxylation is 1. The second-order valence-electron chi connectivity index (χ2n) is 10.3. The smallest absolute Gasteiger partial charge is 0.220 e. The van der Waals surface area contributed by atoms with Gasteiger partial charge in [-0.25, -0.2) is 4.98 Å². The highest BCUT2D eigenvalue weighted by Gasteiger charge is 2.17. The van der Waals surface area contributed by atoms with E-state index in [2.05, 4.69) is 65.2 Å². The fourth-order valence-electron chi connectivity index (χ4n) is 5.43. The lowest BCUT2D eigenvalue weighted by molar-refractivity contribution is -0.121. The lowest BCUT2D eigenvalue weighted by Crippen LogP contribution is -2.22. The molecule has 6 rings (SSSR count). The van der Waals surface area contributed by atoms with E-state index < -0.39 is 0 Å². The summed E-state index contributed by atoms with van der Waals surface area (Å²) in [5.74, 6) is 0.118. The number of amides is 1. The average Bonchev–Trinajstić information content (AvgIpc) is 3.42. The monoisotopic (exact) mass is 534 g/mol. The van der Waals surface area contributed by atoms with Crippen molar-refractivity contribution in [2.24, 2.45) is 0 Å². The van der Waals surface area contributed by atoms with Crippen molar-refractivity contribution >= 4 is 44.1 Å². The van der Waals surface area contributed by atoms with Crippen molar-refractivity contribution in [3.63, 3.8) is 0 Å². The predicted octanol–water partition coefficient (Wildman–Crippen LogP) is 7.68. The molecule has 198 valence electrons. The number of unbranched alkanes of at least 4 members (excludes halogenated alkanes) is 2. The van der Waals surface area contributed by atoms with Crippen molar-refractivity contribution in [3.05, 3.63) is 89.6 Å². The first-order valence-corrected chi connectivity index (χ1v) is 14.9. The fraction of sp³-hybridized carbons (Fsp3) is 0.303. The molecule has 1 amide bonds. The lowest BCUT2D eigenvalue weighted by Gasteiger charge is -2.21. The van der Waals surface area contributed by atoms with Crippen LogP contribution >= 0.6 is 11.3 Å². The van der Waals surface area contributed by atoms with Crippen molar-refractivity contribution in [2.45, 2.75) is 57.9 Å². The van der Waals surface area contributed by atoms with Gasteiger partial charge in [0, 0.05) is 41.8 Å². The average molecular weight is 535 g/mol. The Kier molecular flexibility index (Phi) is 7.82. The third kappa shape index (κ3) is 5.96. The van der Waals surface area contributed by atoms with Crippen molar-refractivity contribution in [3.8, 4) is 10.6 Å². The summed E-state index contributed by atoms with van der Waals surface area (Å²) in [4.78, 5) is 22.1. The summed E-state index contributed by atoms with van der Waals surface area (Å²) in [6.07, 6.45) is 8.21. The molecule has 3 aromatic carbocycles. The standard InChI is InChI=1S/C33H34N4OS/c38-31(35-22-23-17-19-24(20-18-23)33-37-29-14-7-8-15-30(29)39-33)16-2-1-9-21-34-32-25-10-3-5-12-27(25)36-28-13-6-4-11-26(28)32/h3,5,7-8,10,12,14-15,17-20H,1-2,4,6,9,11,13,16,21-22H2,(H,34,36)(H,35,38). The number of nitrogens with zero attached hydrogens (tertiary/aromatic N) is 2. The molecule has 0 saturated carbocycles. The topological polar surface area (TPSA) is 66.9 Å². The molecule has 0 saturated heterocycles. The Morgan fingerprint density at radius 1 is 0.821 bits per heavy atom. The van der Waals surface area contributed by atoms with E-state index in [-0.39, 0.29) is 5.91 Å². The molecule has 2 aromatic heterocycles. The maximum absolute atomic E-state index is 12.4. The Morgan fingerprint density at radius 3 is 2.49 bits per heavy atom. The maximum atomic E-state index is 12.4. The Hall–Kier alpha value is -3.77. The molecule has 2 N–H and O–H groups in total. The number of hydrogen-bond donors (Lipinski definition) is 2. The van der Waals surface area contributed by atoms with Crippen LogP contribution in [0.25, 0.3) is 31.7 Å². The van der Waals surface area contributed by atoms with Crippen LogP contribution in [-0.2, 0) is 24.2 Å². The summed E-state index contributed by atoms with van der Waals surface area (Å²) in [6.45, 7) is 1.48. The molecule has 0 atom stereocenters. The number of para-hydroxylation sites is 2. The van der Waals surface area contributed by atoms with Gasteiger partial charge in [0.25, 0.3) is 0 Å². The van der Waals surface area contributed by atoms with Gasteiger partial charge in [-0.2, -0.15) is 0 Å². The van der Waals surface area contributed by atoms with Crippen LogP contribution in [-0.4, -0.2) is 22.4 Å². The minimum atomic E-state index is 0.118. The molecule has 5 nitrogen and oxygen atoms in total. The van der Waals surface area contributed by atoms with Crippen LogP contribution in [0.1, 0.15) is 55.3 Å². The van der Waals surface area contributed by atoms with E-state index in [0.717, 1.165) is 65.8 Å². The molecule has 39 heavy (non-hydrogen) atoms. The highest BCUT2D eigenvalue weighted by Crippen LogP contribution is 2.33. The second-order valence-corrected chi connectivity index (χ2v) is 11.4. The summed E-state index contributed by atoms with van der Waals surface area (Å²) in [5.41, 5.74) is 8.30. The number of nitrogens with one attached hydrogen (secondary N) is 2. The zero-order valence-corrected chi connectivity index (χ0v) is 23.0. The van der Waals surface area contributed by atoms with Crippen LogP contribution in [0.3, 0.4) is 0 Å². The molecular formula is C33H34N4OS. The van der Waals surface area contributed by atoms with Crippen molar-refractivity contribution in [2.75, 3.05) is 11.9 Å². The zero-order chi connectivity index (χ0) is 26.4.